The largest absolute Gasteiger partial charge is 0.496 e. The molecule has 0 unspecified atom stereocenters. The van der Waals surface area contributed by atoms with Crippen LogP contribution in [0, 0.1) is 6.92 Å². The topological polar surface area (TPSA) is 127 Å². The standard InChI is InChI=1S/C41H46N4O7/c1-5-50-41(46)27-52-35-15-13-30(14-16-35)19-33-21-40(44-28-43-33)45(34-8-6-7-32(20-34)24-42)25-37-38(47-3)22-36(23-39(37)48-4)51-18-17-49-26-31-11-9-29(2)10-12-31/h6-16,20-23,28H,5,17-19,24-27,42H2,1-4H3. The molecule has 0 aliphatic carbocycles. The molecule has 0 bridgehead atoms. The van der Waals surface area contributed by atoms with Crippen molar-refractivity contribution in [2.45, 2.75) is 40.0 Å². The van der Waals surface area contributed by atoms with Gasteiger partial charge in [0.25, 0.3) is 0 Å². The fraction of sp³-hybridized carbons (Fsp3) is 0.293. The Balaban J connectivity index is 1.33. The van der Waals surface area contributed by atoms with Gasteiger partial charge in [-0.25, -0.2) is 14.8 Å². The van der Waals surface area contributed by atoms with Crippen LogP contribution in [-0.2, 0) is 40.4 Å². The summed E-state index contributed by atoms with van der Waals surface area (Å²) in [5, 5.41) is 0. The van der Waals surface area contributed by atoms with E-state index in [1.165, 1.54) is 5.56 Å². The van der Waals surface area contributed by atoms with Crippen LogP contribution in [0.15, 0.2) is 97.3 Å². The van der Waals surface area contributed by atoms with Crippen molar-refractivity contribution in [2.75, 3.05) is 45.5 Å². The van der Waals surface area contributed by atoms with Gasteiger partial charge in [0, 0.05) is 36.9 Å². The fourth-order valence-corrected chi connectivity index (χ4v) is 5.49. The first-order chi connectivity index (χ1) is 25.4. The van der Waals surface area contributed by atoms with Crippen LogP contribution in [-0.4, -0.2) is 56.6 Å². The van der Waals surface area contributed by atoms with Gasteiger partial charge in [0.2, 0.25) is 0 Å². The van der Waals surface area contributed by atoms with Gasteiger partial charge in [-0.1, -0.05) is 54.1 Å². The molecule has 1 aromatic heterocycles. The van der Waals surface area contributed by atoms with Crippen molar-refractivity contribution in [2.24, 2.45) is 5.73 Å². The highest BCUT2D eigenvalue weighted by atomic mass is 16.6. The quantitative estimate of drug-likeness (QED) is 0.0726. The molecule has 0 spiro atoms. The molecule has 0 saturated heterocycles. The smallest absolute Gasteiger partial charge is 0.344 e. The van der Waals surface area contributed by atoms with Crippen molar-refractivity contribution in [1.82, 2.24) is 9.97 Å². The first-order valence-electron chi connectivity index (χ1n) is 17.1. The minimum atomic E-state index is -0.406. The Bertz CT molecular complexity index is 1860. The summed E-state index contributed by atoms with van der Waals surface area (Å²) in [4.78, 5) is 23.0. The van der Waals surface area contributed by atoms with Gasteiger partial charge in [-0.2, -0.15) is 0 Å². The number of esters is 1. The van der Waals surface area contributed by atoms with Crippen LogP contribution >= 0.6 is 0 Å². The number of benzene rings is 4. The number of rotatable bonds is 19. The minimum absolute atomic E-state index is 0.140. The third-order valence-electron chi connectivity index (χ3n) is 8.20. The Morgan fingerprint density at radius 1 is 0.788 bits per heavy atom. The van der Waals surface area contributed by atoms with E-state index in [0.717, 1.165) is 33.6 Å². The van der Waals surface area contributed by atoms with Crippen molar-refractivity contribution in [3.63, 3.8) is 0 Å². The van der Waals surface area contributed by atoms with E-state index < -0.39 is 5.97 Å². The van der Waals surface area contributed by atoms with Crippen LogP contribution in [0.1, 0.15) is 40.4 Å². The maximum Gasteiger partial charge on any atom is 0.344 e. The van der Waals surface area contributed by atoms with Crippen LogP contribution in [0.5, 0.6) is 23.0 Å². The van der Waals surface area contributed by atoms with Crippen molar-refractivity contribution in [3.05, 3.63) is 131 Å². The Morgan fingerprint density at radius 2 is 1.52 bits per heavy atom. The van der Waals surface area contributed by atoms with Gasteiger partial charge in [0.05, 0.1) is 51.8 Å². The van der Waals surface area contributed by atoms with Crippen LogP contribution in [0.2, 0.25) is 0 Å². The zero-order valence-corrected chi connectivity index (χ0v) is 30.2. The van der Waals surface area contributed by atoms with E-state index in [2.05, 4.69) is 41.1 Å². The highest BCUT2D eigenvalue weighted by molar-refractivity contribution is 5.71. The molecular formula is C41H46N4O7. The first-order valence-corrected chi connectivity index (χ1v) is 17.1. The first kappa shape index (κ1) is 37.6. The number of methoxy groups -OCH3 is 2. The summed E-state index contributed by atoms with van der Waals surface area (Å²) in [5.41, 5.74) is 12.9. The summed E-state index contributed by atoms with van der Waals surface area (Å²) in [6.45, 7) is 6.06. The van der Waals surface area contributed by atoms with Crippen molar-refractivity contribution >= 4 is 17.5 Å². The molecule has 2 N–H and O–H groups in total. The summed E-state index contributed by atoms with van der Waals surface area (Å²) in [6, 6.07) is 29.5. The van der Waals surface area contributed by atoms with Crippen LogP contribution < -0.4 is 29.6 Å². The molecule has 0 radical (unpaired) electrons. The third kappa shape index (κ3) is 10.7. The second-order valence-electron chi connectivity index (χ2n) is 11.9. The Hall–Kier alpha value is -5.65. The van der Waals surface area contributed by atoms with E-state index in [1.807, 2.05) is 66.7 Å². The minimum Gasteiger partial charge on any atom is -0.496 e. The lowest BCUT2D eigenvalue weighted by Gasteiger charge is -2.27. The lowest BCUT2D eigenvalue weighted by atomic mass is 10.1. The van der Waals surface area contributed by atoms with Crippen molar-refractivity contribution < 1.29 is 33.2 Å². The van der Waals surface area contributed by atoms with E-state index >= 15 is 0 Å². The van der Waals surface area contributed by atoms with Crippen LogP contribution in [0.4, 0.5) is 11.5 Å². The molecule has 11 heteroatoms. The number of nitrogens with two attached hydrogens (primary N) is 1. The van der Waals surface area contributed by atoms with Gasteiger partial charge < -0.3 is 39.1 Å². The molecule has 0 aliphatic rings. The van der Waals surface area contributed by atoms with E-state index in [-0.39, 0.29) is 6.61 Å². The molecule has 4 aromatic carbocycles. The van der Waals surface area contributed by atoms with Crippen molar-refractivity contribution in [3.8, 4) is 23.0 Å². The Kier molecular flexibility index (Phi) is 13.8. The molecule has 0 saturated carbocycles. The number of carbonyl (C=O) groups excluding carboxylic acids is 1. The summed E-state index contributed by atoms with van der Waals surface area (Å²) < 4.78 is 34.1. The van der Waals surface area contributed by atoms with Gasteiger partial charge in [-0.05, 0) is 54.8 Å². The molecule has 0 fully saturated rings. The number of hydrogen-bond donors (Lipinski definition) is 1. The number of nitrogens with zero attached hydrogens (tertiary/aromatic N) is 3. The molecule has 0 aliphatic heterocycles. The molecule has 0 amide bonds. The lowest BCUT2D eigenvalue weighted by Crippen LogP contribution is -2.20. The number of anilines is 2. The SMILES string of the molecule is CCOC(=O)COc1ccc(Cc2cc(N(Cc3c(OC)cc(OCCOCc4ccc(C)cc4)cc3OC)c3cccc(CN)c3)ncn2)cc1. The predicted octanol–water partition coefficient (Wildman–Crippen LogP) is 6.73. The van der Waals surface area contributed by atoms with Gasteiger partial charge in [0.1, 0.15) is 41.8 Å². The van der Waals surface area contributed by atoms with Gasteiger partial charge >= 0.3 is 5.97 Å². The zero-order valence-electron chi connectivity index (χ0n) is 30.2. The molecule has 1 heterocycles. The Morgan fingerprint density at radius 3 is 2.21 bits per heavy atom. The maximum absolute atomic E-state index is 11.7. The van der Waals surface area contributed by atoms with Crippen molar-refractivity contribution in [1.29, 1.82) is 0 Å². The molecular weight excluding hydrogens is 660 g/mol. The second kappa shape index (κ2) is 19.1. The van der Waals surface area contributed by atoms with Crippen LogP contribution in [0.3, 0.4) is 0 Å². The van der Waals surface area contributed by atoms with Gasteiger partial charge in [-0.3, -0.25) is 0 Å². The maximum atomic E-state index is 11.7. The zero-order chi connectivity index (χ0) is 36.7. The average Bonchev–Trinajstić information content (AvgIpc) is 3.17. The molecule has 0 atom stereocenters. The normalized spacial score (nSPS) is 10.8. The third-order valence-corrected chi connectivity index (χ3v) is 8.20. The monoisotopic (exact) mass is 706 g/mol. The van der Waals surface area contributed by atoms with E-state index in [4.69, 9.17) is 39.1 Å². The highest BCUT2D eigenvalue weighted by Gasteiger charge is 2.21. The highest BCUT2D eigenvalue weighted by Crippen LogP contribution is 2.38. The summed E-state index contributed by atoms with van der Waals surface area (Å²) in [7, 11) is 3.25. The summed E-state index contributed by atoms with van der Waals surface area (Å²) in [5.74, 6) is 2.68. The molecule has 272 valence electrons. The Labute approximate surface area is 305 Å². The molecule has 52 heavy (non-hydrogen) atoms. The molecule has 5 aromatic rings. The van der Waals surface area contributed by atoms with E-state index in [9.17, 15) is 4.79 Å². The molecule has 5 rings (SSSR count). The average molecular weight is 707 g/mol. The van der Waals surface area contributed by atoms with Gasteiger partial charge in [0.15, 0.2) is 6.61 Å². The molecule has 11 nitrogen and oxygen atoms in total. The second-order valence-corrected chi connectivity index (χ2v) is 11.9. The summed E-state index contributed by atoms with van der Waals surface area (Å²) >= 11 is 0. The van der Waals surface area contributed by atoms with Gasteiger partial charge in [-0.15, -0.1) is 0 Å². The van der Waals surface area contributed by atoms with Crippen LogP contribution in [0.25, 0.3) is 0 Å². The number of aromatic nitrogens is 2. The number of carbonyl (C=O) groups is 1. The number of ether oxygens (including phenoxy) is 6. The van der Waals surface area contributed by atoms with E-state index in [0.29, 0.717) is 74.8 Å². The lowest BCUT2D eigenvalue weighted by molar-refractivity contribution is -0.145. The predicted molar refractivity (Wildman–Crippen MR) is 199 cm³/mol. The fourth-order valence-electron chi connectivity index (χ4n) is 5.49. The number of aryl methyl sites for hydroxylation is 1. The number of hydrogen-bond acceptors (Lipinski definition) is 11. The summed E-state index contributed by atoms with van der Waals surface area (Å²) in [6.07, 6.45) is 2.12. The van der Waals surface area contributed by atoms with E-state index in [1.54, 1.807) is 27.5 Å².